The summed E-state index contributed by atoms with van der Waals surface area (Å²) in [5, 5.41) is -0.332. The van der Waals surface area contributed by atoms with Crippen molar-refractivity contribution in [1.82, 2.24) is 4.90 Å². The summed E-state index contributed by atoms with van der Waals surface area (Å²) in [6.07, 6.45) is 0.705. The first-order valence-electron chi connectivity index (χ1n) is 3.92. The number of carbonyl (C=O) groups is 2. The van der Waals surface area contributed by atoms with Crippen LogP contribution in [0.2, 0.25) is 0 Å². The summed E-state index contributed by atoms with van der Waals surface area (Å²) in [5.74, 6) is -0.0852. The van der Waals surface area contributed by atoms with Crippen LogP contribution in [0.25, 0.3) is 0 Å². The summed E-state index contributed by atoms with van der Waals surface area (Å²) in [4.78, 5) is 23.8. The summed E-state index contributed by atoms with van der Waals surface area (Å²) < 4.78 is 0. The Hall–Kier alpha value is -0.550. The maximum Gasteiger partial charge on any atom is 0.289 e. The van der Waals surface area contributed by atoms with Crippen molar-refractivity contribution < 1.29 is 9.59 Å². The van der Waals surface area contributed by atoms with Gasteiger partial charge in [0.25, 0.3) is 5.24 Å². The molecule has 68 valence electrons. The zero-order valence-electron chi connectivity index (χ0n) is 6.95. The summed E-state index contributed by atoms with van der Waals surface area (Å²) in [5.41, 5.74) is 5.26. The third kappa shape index (κ3) is 1.61. The molecule has 1 rings (SSSR count). The first-order chi connectivity index (χ1) is 5.70. The average molecular weight is 188 g/mol. The number of nitrogens with zero attached hydrogens (tertiary/aromatic N) is 1. The Balaban J connectivity index is 2.64. The highest BCUT2D eigenvalue weighted by Gasteiger charge is 2.37. The van der Waals surface area contributed by atoms with Crippen molar-refractivity contribution in [3.8, 4) is 0 Å². The Morgan fingerprint density at radius 2 is 2.25 bits per heavy atom. The highest BCUT2D eigenvalue weighted by Crippen LogP contribution is 2.28. The largest absolute Gasteiger partial charge is 0.329 e. The van der Waals surface area contributed by atoms with Crippen LogP contribution in [0.1, 0.15) is 13.3 Å². The van der Waals surface area contributed by atoms with Crippen molar-refractivity contribution in [1.29, 1.82) is 0 Å². The second-order valence-corrected chi connectivity index (χ2v) is 3.71. The van der Waals surface area contributed by atoms with Gasteiger partial charge in [-0.1, -0.05) is 18.7 Å². The van der Waals surface area contributed by atoms with Gasteiger partial charge in [-0.15, -0.1) is 0 Å². The van der Waals surface area contributed by atoms with Crippen molar-refractivity contribution in [2.45, 2.75) is 18.6 Å². The predicted octanol–water partition coefficient (Wildman–Crippen LogP) is 0.419. The van der Waals surface area contributed by atoms with E-state index in [-0.39, 0.29) is 16.4 Å². The molecule has 0 bridgehead atoms. The van der Waals surface area contributed by atoms with Crippen molar-refractivity contribution in [3.63, 3.8) is 0 Å². The second-order valence-electron chi connectivity index (χ2n) is 2.56. The van der Waals surface area contributed by atoms with E-state index in [9.17, 15) is 9.59 Å². The Morgan fingerprint density at radius 3 is 2.67 bits per heavy atom. The first-order valence-corrected chi connectivity index (χ1v) is 4.80. The molecule has 1 aliphatic rings. The lowest BCUT2D eigenvalue weighted by atomic mass is 10.3. The molecule has 0 radical (unpaired) electrons. The number of rotatable bonds is 3. The number of carbonyl (C=O) groups excluding carboxylic acids is 2. The molecule has 1 heterocycles. The SMILES string of the molecule is CCC1SC(=O)N(CCN)C1=O. The molecule has 4 nitrogen and oxygen atoms in total. The fourth-order valence-electron chi connectivity index (χ4n) is 1.09. The van der Waals surface area contributed by atoms with Crippen LogP contribution in [0.15, 0.2) is 0 Å². The lowest BCUT2D eigenvalue weighted by molar-refractivity contribution is -0.126. The van der Waals surface area contributed by atoms with Gasteiger partial charge in [0.2, 0.25) is 5.91 Å². The monoisotopic (exact) mass is 188 g/mol. The molecule has 0 aromatic heterocycles. The van der Waals surface area contributed by atoms with Gasteiger partial charge >= 0.3 is 0 Å². The highest BCUT2D eigenvalue weighted by molar-refractivity contribution is 8.15. The molecular weight excluding hydrogens is 176 g/mol. The van der Waals surface area contributed by atoms with E-state index < -0.39 is 0 Å². The van der Waals surface area contributed by atoms with Gasteiger partial charge in [-0.3, -0.25) is 14.5 Å². The van der Waals surface area contributed by atoms with Crippen LogP contribution in [-0.4, -0.2) is 34.4 Å². The molecule has 0 aromatic carbocycles. The normalized spacial score (nSPS) is 23.8. The minimum atomic E-state index is -0.177. The Labute approximate surface area is 75.5 Å². The third-order valence-electron chi connectivity index (χ3n) is 1.73. The standard InChI is InChI=1S/C7H12N2O2S/c1-2-5-6(10)9(4-3-8)7(11)12-5/h5H,2-4,8H2,1H3. The first kappa shape index (κ1) is 9.54. The van der Waals surface area contributed by atoms with Gasteiger partial charge in [0.1, 0.15) is 0 Å². The molecule has 1 unspecified atom stereocenters. The molecule has 0 spiro atoms. The smallest absolute Gasteiger partial charge is 0.289 e. The van der Waals surface area contributed by atoms with E-state index in [1.54, 1.807) is 0 Å². The van der Waals surface area contributed by atoms with E-state index in [1.807, 2.05) is 6.92 Å². The minimum Gasteiger partial charge on any atom is -0.329 e. The Bertz CT molecular complexity index is 208. The van der Waals surface area contributed by atoms with Crippen LogP contribution >= 0.6 is 11.8 Å². The van der Waals surface area contributed by atoms with Gasteiger partial charge in [-0.05, 0) is 6.42 Å². The lowest BCUT2D eigenvalue weighted by Gasteiger charge is -2.10. The number of hydrogen-bond acceptors (Lipinski definition) is 4. The number of hydrogen-bond donors (Lipinski definition) is 1. The molecule has 2 N–H and O–H groups in total. The number of imide groups is 1. The molecule has 12 heavy (non-hydrogen) atoms. The lowest BCUT2D eigenvalue weighted by Crippen LogP contribution is -2.35. The molecule has 1 aliphatic heterocycles. The van der Waals surface area contributed by atoms with Gasteiger partial charge in [0.15, 0.2) is 0 Å². The predicted molar refractivity (Wildman–Crippen MR) is 47.8 cm³/mol. The molecule has 0 aromatic rings. The maximum absolute atomic E-state index is 11.4. The second kappa shape index (κ2) is 3.91. The van der Waals surface area contributed by atoms with Gasteiger partial charge in [-0.25, -0.2) is 0 Å². The van der Waals surface area contributed by atoms with E-state index in [0.717, 1.165) is 11.8 Å². The Morgan fingerprint density at radius 1 is 1.58 bits per heavy atom. The quantitative estimate of drug-likeness (QED) is 0.697. The van der Waals surface area contributed by atoms with Gasteiger partial charge in [0.05, 0.1) is 5.25 Å². The van der Waals surface area contributed by atoms with E-state index in [2.05, 4.69) is 0 Å². The summed E-state index contributed by atoms with van der Waals surface area (Å²) in [6, 6.07) is 0. The summed E-state index contributed by atoms with van der Waals surface area (Å²) in [6.45, 7) is 2.59. The van der Waals surface area contributed by atoms with E-state index >= 15 is 0 Å². The summed E-state index contributed by atoms with van der Waals surface area (Å²) in [7, 11) is 0. The highest BCUT2D eigenvalue weighted by atomic mass is 32.2. The Kier molecular flexibility index (Phi) is 3.11. The van der Waals surface area contributed by atoms with Gasteiger partial charge in [0, 0.05) is 13.1 Å². The van der Waals surface area contributed by atoms with Gasteiger partial charge in [-0.2, -0.15) is 0 Å². The van der Waals surface area contributed by atoms with Crippen LogP contribution in [0.5, 0.6) is 0 Å². The topological polar surface area (TPSA) is 63.4 Å². The van der Waals surface area contributed by atoms with Crippen LogP contribution in [0.4, 0.5) is 4.79 Å². The van der Waals surface area contributed by atoms with E-state index in [0.29, 0.717) is 19.5 Å². The van der Waals surface area contributed by atoms with Crippen LogP contribution < -0.4 is 5.73 Å². The zero-order valence-corrected chi connectivity index (χ0v) is 7.76. The van der Waals surface area contributed by atoms with Gasteiger partial charge < -0.3 is 5.73 Å². The minimum absolute atomic E-state index is 0.0852. The summed E-state index contributed by atoms with van der Waals surface area (Å²) >= 11 is 1.10. The molecule has 0 saturated carbocycles. The third-order valence-corrected chi connectivity index (χ3v) is 2.97. The number of nitrogens with two attached hydrogens (primary N) is 1. The van der Waals surface area contributed by atoms with Crippen molar-refractivity contribution in [3.05, 3.63) is 0 Å². The molecule has 1 atom stereocenters. The van der Waals surface area contributed by atoms with Crippen LogP contribution in [0.3, 0.4) is 0 Å². The van der Waals surface area contributed by atoms with E-state index in [1.165, 1.54) is 4.90 Å². The van der Waals surface area contributed by atoms with Crippen molar-refractivity contribution in [2.75, 3.05) is 13.1 Å². The fraction of sp³-hybridized carbons (Fsp3) is 0.714. The number of thioether (sulfide) groups is 1. The van der Waals surface area contributed by atoms with Crippen molar-refractivity contribution in [2.24, 2.45) is 5.73 Å². The molecular formula is C7H12N2O2S. The van der Waals surface area contributed by atoms with Crippen LogP contribution in [0, 0.1) is 0 Å². The van der Waals surface area contributed by atoms with E-state index in [4.69, 9.17) is 5.73 Å². The van der Waals surface area contributed by atoms with Crippen molar-refractivity contribution >= 4 is 22.9 Å². The van der Waals surface area contributed by atoms with Crippen LogP contribution in [-0.2, 0) is 4.79 Å². The fourth-order valence-corrected chi connectivity index (χ4v) is 2.03. The molecule has 0 aliphatic carbocycles. The molecule has 2 amide bonds. The molecule has 1 fully saturated rings. The molecule has 5 heteroatoms. The number of amides is 2. The zero-order chi connectivity index (χ0) is 9.14. The molecule has 1 saturated heterocycles. The average Bonchev–Trinajstić information content (AvgIpc) is 2.32. The maximum atomic E-state index is 11.4.